The SMILES string of the molecule is CCN(CC)C[C]1[CH][CH][CH][C]1CNc1ccnc2cc(Cl)ccc12.[CH]1[CH][CH][CH][CH]1.[Fe+2]. The molecule has 0 saturated heterocycles. The molecule has 0 atom stereocenters. The number of hydrogen-bond acceptors (Lipinski definition) is 3. The van der Waals surface area contributed by atoms with E-state index in [1.807, 2.05) is 62.6 Å². The number of halogens is 1. The smallest absolute Gasteiger partial charge is 0.384 e. The van der Waals surface area contributed by atoms with E-state index in [1.165, 1.54) is 11.8 Å². The van der Waals surface area contributed by atoms with Gasteiger partial charge in [0.05, 0.1) is 5.52 Å². The molecule has 5 heteroatoms. The molecule has 0 spiro atoms. The maximum absolute atomic E-state index is 6.06. The van der Waals surface area contributed by atoms with Crippen LogP contribution in [0.1, 0.15) is 13.8 Å². The molecule has 2 aliphatic carbocycles. The molecule has 3 nitrogen and oxygen atoms in total. The molecule has 0 bridgehead atoms. The summed E-state index contributed by atoms with van der Waals surface area (Å²) in [6.45, 7) is 8.38. The Hall–Kier alpha value is -0.801. The molecule has 1 aromatic heterocycles. The number of nitrogens with one attached hydrogen (secondary N) is 1. The predicted molar refractivity (Wildman–Crippen MR) is 124 cm³/mol. The zero-order valence-corrected chi connectivity index (χ0v) is 19.3. The number of fused-ring (bicyclic) bond motifs is 1. The number of anilines is 1. The molecule has 2 aromatic rings. The third-order valence-electron chi connectivity index (χ3n) is 5.03. The van der Waals surface area contributed by atoms with Crippen molar-refractivity contribution in [3.05, 3.63) is 98.7 Å². The molecule has 2 fully saturated rings. The molecule has 0 amide bonds. The first-order valence-electron chi connectivity index (χ1n) is 10.1. The fraction of sp³-hybridized carbons (Fsp3) is 0.240. The molecule has 4 rings (SSSR count). The molecule has 1 aromatic carbocycles. The van der Waals surface area contributed by atoms with Crippen molar-refractivity contribution in [2.75, 3.05) is 31.5 Å². The minimum Gasteiger partial charge on any atom is -0.384 e. The van der Waals surface area contributed by atoms with Crippen LogP contribution in [0.5, 0.6) is 0 Å². The van der Waals surface area contributed by atoms with Crippen LogP contribution in [0, 0.1) is 63.2 Å². The van der Waals surface area contributed by atoms with Gasteiger partial charge in [-0.05, 0) is 88.7 Å². The molecule has 1 N–H and O–H groups in total. The number of pyridine rings is 1. The van der Waals surface area contributed by atoms with Crippen LogP contribution in [-0.2, 0) is 17.1 Å². The standard InChI is InChI=1S/C20H23ClN3.C5H5.Fe/c1-3-24(4-2)14-16-7-5-6-15(16)13-23-19-10-11-22-20-12-17(21)8-9-18(19)20;1-2-4-5-3-1;/h5-12H,3-4,13-14H2,1-2H3,(H,22,23);1-5H;/q;;+2. The van der Waals surface area contributed by atoms with Gasteiger partial charge in [-0.15, -0.1) is 0 Å². The van der Waals surface area contributed by atoms with Crippen molar-refractivity contribution in [1.82, 2.24) is 9.88 Å². The molecule has 10 radical (unpaired) electrons. The quantitative estimate of drug-likeness (QED) is 0.557. The van der Waals surface area contributed by atoms with Gasteiger partial charge >= 0.3 is 17.1 Å². The summed E-state index contributed by atoms with van der Waals surface area (Å²) < 4.78 is 0. The van der Waals surface area contributed by atoms with Crippen molar-refractivity contribution >= 4 is 28.2 Å². The van der Waals surface area contributed by atoms with E-state index < -0.39 is 0 Å². The zero-order chi connectivity index (χ0) is 20.5. The van der Waals surface area contributed by atoms with Crippen molar-refractivity contribution in [1.29, 1.82) is 0 Å². The summed E-state index contributed by atoms with van der Waals surface area (Å²) in [7, 11) is 0. The van der Waals surface area contributed by atoms with E-state index in [-0.39, 0.29) is 17.1 Å². The Morgan fingerprint density at radius 1 is 0.900 bits per heavy atom. The number of hydrogen-bond donors (Lipinski definition) is 1. The predicted octanol–water partition coefficient (Wildman–Crippen LogP) is 5.44. The van der Waals surface area contributed by atoms with E-state index in [1.54, 1.807) is 0 Å². The average Bonchev–Trinajstić information content (AvgIpc) is 3.45. The second-order valence-electron chi connectivity index (χ2n) is 6.87. The summed E-state index contributed by atoms with van der Waals surface area (Å²) in [6, 6.07) is 7.85. The molecular formula is C25H28ClFeN3+2. The van der Waals surface area contributed by atoms with Crippen molar-refractivity contribution in [2.45, 2.75) is 13.8 Å². The van der Waals surface area contributed by atoms with Gasteiger partial charge in [-0.2, -0.15) is 0 Å². The first-order chi connectivity index (χ1) is 14.2. The number of rotatable bonds is 7. The van der Waals surface area contributed by atoms with Crippen molar-refractivity contribution in [3.8, 4) is 0 Å². The third kappa shape index (κ3) is 7.41. The van der Waals surface area contributed by atoms with Crippen molar-refractivity contribution in [2.24, 2.45) is 0 Å². The fourth-order valence-electron chi connectivity index (χ4n) is 3.30. The Morgan fingerprint density at radius 2 is 1.57 bits per heavy atom. The van der Waals surface area contributed by atoms with Crippen molar-refractivity contribution in [3.63, 3.8) is 0 Å². The van der Waals surface area contributed by atoms with Gasteiger partial charge in [0, 0.05) is 47.2 Å². The fourth-order valence-corrected chi connectivity index (χ4v) is 3.46. The maximum atomic E-state index is 6.06. The van der Waals surface area contributed by atoms with E-state index in [9.17, 15) is 0 Å². The molecule has 0 aliphatic heterocycles. The van der Waals surface area contributed by atoms with Gasteiger partial charge in [-0.3, -0.25) is 4.98 Å². The maximum Gasteiger partial charge on any atom is 2.00 e. The Kier molecular flexibility index (Phi) is 11.5. The largest absolute Gasteiger partial charge is 2.00 e. The second kappa shape index (κ2) is 13.6. The first kappa shape index (κ1) is 25.5. The Labute approximate surface area is 198 Å². The number of benzene rings is 1. The van der Waals surface area contributed by atoms with Crippen LogP contribution in [0.15, 0.2) is 30.5 Å². The minimum atomic E-state index is 0. The molecule has 2 aliphatic rings. The third-order valence-corrected chi connectivity index (χ3v) is 5.26. The summed E-state index contributed by atoms with van der Waals surface area (Å²) in [4.78, 5) is 6.83. The number of aromatic nitrogens is 1. The van der Waals surface area contributed by atoms with Crippen LogP contribution in [0.25, 0.3) is 10.9 Å². The van der Waals surface area contributed by atoms with E-state index in [2.05, 4.69) is 48.3 Å². The van der Waals surface area contributed by atoms with Crippen LogP contribution >= 0.6 is 11.6 Å². The monoisotopic (exact) mass is 461 g/mol. The van der Waals surface area contributed by atoms with E-state index in [4.69, 9.17) is 11.6 Å². The van der Waals surface area contributed by atoms with E-state index in [0.717, 1.165) is 42.8 Å². The summed E-state index contributed by atoms with van der Waals surface area (Å²) in [5.74, 6) is 2.74. The minimum absolute atomic E-state index is 0. The summed E-state index contributed by atoms with van der Waals surface area (Å²) in [6.07, 6.45) is 18.4. The molecular weight excluding hydrogens is 434 g/mol. The molecule has 156 valence electrons. The molecule has 1 heterocycles. The van der Waals surface area contributed by atoms with Gasteiger partial charge in [0.2, 0.25) is 0 Å². The van der Waals surface area contributed by atoms with Crippen LogP contribution in [0.4, 0.5) is 5.69 Å². The van der Waals surface area contributed by atoms with Gasteiger partial charge in [0.25, 0.3) is 0 Å². The van der Waals surface area contributed by atoms with Crippen LogP contribution in [0.3, 0.4) is 0 Å². The van der Waals surface area contributed by atoms with Crippen LogP contribution in [0.2, 0.25) is 5.02 Å². The second-order valence-corrected chi connectivity index (χ2v) is 7.31. The molecule has 0 unspecified atom stereocenters. The average molecular weight is 462 g/mol. The van der Waals surface area contributed by atoms with Crippen molar-refractivity contribution < 1.29 is 17.1 Å². The molecule has 2 saturated carbocycles. The van der Waals surface area contributed by atoms with Crippen LogP contribution in [-0.4, -0.2) is 36.1 Å². The summed E-state index contributed by atoms with van der Waals surface area (Å²) >= 11 is 6.06. The van der Waals surface area contributed by atoms with E-state index in [0.29, 0.717) is 5.02 Å². The van der Waals surface area contributed by atoms with Gasteiger partial charge in [-0.1, -0.05) is 25.4 Å². The van der Waals surface area contributed by atoms with Gasteiger partial charge in [0.1, 0.15) is 0 Å². The Bertz CT molecular complexity index is 739. The van der Waals surface area contributed by atoms with Gasteiger partial charge < -0.3 is 10.2 Å². The molecule has 30 heavy (non-hydrogen) atoms. The van der Waals surface area contributed by atoms with Crippen LogP contribution < -0.4 is 5.32 Å². The topological polar surface area (TPSA) is 28.2 Å². The first-order valence-corrected chi connectivity index (χ1v) is 10.5. The summed E-state index contributed by atoms with van der Waals surface area (Å²) in [5, 5.41) is 5.37. The Morgan fingerprint density at radius 3 is 2.23 bits per heavy atom. The summed E-state index contributed by atoms with van der Waals surface area (Å²) in [5.41, 5.74) is 2.00. The van der Waals surface area contributed by atoms with E-state index >= 15 is 0 Å². The number of nitrogens with zero attached hydrogens (tertiary/aromatic N) is 2. The van der Waals surface area contributed by atoms with Gasteiger partial charge in [-0.25, -0.2) is 0 Å². The van der Waals surface area contributed by atoms with Gasteiger partial charge in [0.15, 0.2) is 0 Å². The normalized spacial score (nSPS) is 17.1. The zero-order valence-electron chi connectivity index (χ0n) is 17.5. The Balaban J connectivity index is 0.000000468.